The van der Waals surface area contributed by atoms with E-state index in [9.17, 15) is 17.6 Å². The van der Waals surface area contributed by atoms with Gasteiger partial charge >= 0.3 is 0 Å². The van der Waals surface area contributed by atoms with Crippen molar-refractivity contribution < 1.29 is 17.6 Å². The average molecular weight is 497 g/mol. The molecule has 2 aromatic rings. The minimum atomic E-state index is -3.20. The van der Waals surface area contributed by atoms with Gasteiger partial charge in [0.05, 0.1) is 23.2 Å². The molecule has 0 aromatic heterocycles. The number of thioether (sulfide) groups is 1. The predicted octanol–water partition coefficient (Wildman–Crippen LogP) is 3.82. The highest BCUT2D eigenvalue weighted by Gasteiger charge is 2.49. The molecule has 0 aliphatic carbocycles. The van der Waals surface area contributed by atoms with Crippen LogP contribution in [0.3, 0.4) is 0 Å². The summed E-state index contributed by atoms with van der Waals surface area (Å²) in [6.07, 6.45) is 0.799. The molecule has 2 heterocycles. The van der Waals surface area contributed by atoms with Gasteiger partial charge in [-0.25, -0.2) is 12.8 Å². The van der Waals surface area contributed by atoms with Gasteiger partial charge in [0, 0.05) is 16.1 Å². The standard InChI is InChI=1S/C20H18BrFN2O3S2/c21-14-7-8-16(15(22)10-14)24-17-11-29(26,27)12-18(17)28-20(24)23-19(25)9-6-13-4-2-1-3-5-13/h1-5,7-8,10,17-18H,6,9,11-12H2/t17-,18+/m0/s1. The number of nitrogens with zero attached hydrogens (tertiary/aromatic N) is 2. The molecule has 0 N–H and O–H groups in total. The average Bonchev–Trinajstić information content (AvgIpc) is 3.12. The molecule has 29 heavy (non-hydrogen) atoms. The van der Waals surface area contributed by atoms with Gasteiger partial charge < -0.3 is 4.90 Å². The Kier molecular flexibility index (Phi) is 5.81. The number of carbonyl (C=O) groups excluding carboxylic acids is 1. The van der Waals surface area contributed by atoms with Crippen molar-refractivity contribution in [2.45, 2.75) is 24.1 Å². The number of sulfone groups is 1. The van der Waals surface area contributed by atoms with Crippen LogP contribution in [0.4, 0.5) is 10.1 Å². The predicted molar refractivity (Wildman–Crippen MR) is 118 cm³/mol. The molecular weight excluding hydrogens is 479 g/mol. The van der Waals surface area contributed by atoms with Crippen molar-refractivity contribution in [1.82, 2.24) is 0 Å². The Hall–Kier alpha value is -1.71. The quantitative estimate of drug-likeness (QED) is 0.643. The number of aliphatic imine (C=N–C) groups is 1. The van der Waals surface area contributed by atoms with Crippen LogP contribution >= 0.6 is 27.7 Å². The number of anilines is 1. The van der Waals surface area contributed by atoms with Crippen LogP contribution in [0.5, 0.6) is 0 Å². The zero-order valence-electron chi connectivity index (χ0n) is 15.3. The molecule has 0 spiro atoms. The summed E-state index contributed by atoms with van der Waals surface area (Å²) in [4.78, 5) is 18.3. The topological polar surface area (TPSA) is 66.8 Å². The van der Waals surface area contributed by atoms with Crippen LogP contribution in [-0.4, -0.2) is 42.3 Å². The van der Waals surface area contributed by atoms with Gasteiger partial charge in [-0.2, -0.15) is 4.99 Å². The van der Waals surface area contributed by atoms with E-state index in [0.29, 0.717) is 16.1 Å². The third kappa shape index (κ3) is 4.57. The van der Waals surface area contributed by atoms with E-state index < -0.39 is 21.7 Å². The van der Waals surface area contributed by atoms with Crippen LogP contribution < -0.4 is 4.90 Å². The normalized spacial score (nSPS) is 24.1. The molecule has 2 aromatic carbocycles. The number of carbonyl (C=O) groups is 1. The molecule has 9 heteroatoms. The van der Waals surface area contributed by atoms with Crippen molar-refractivity contribution in [3.05, 3.63) is 64.4 Å². The molecule has 4 rings (SSSR count). The summed E-state index contributed by atoms with van der Waals surface area (Å²) >= 11 is 4.48. The SMILES string of the molecule is O=C(CCc1ccccc1)N=C1S[C@@H]2CS(=O)(=O)C[C@@H]2N1c1ccc(Br)cc1F. The lowest BCUT2D eigenvalue weighted by Gasteiger charge is -2.25. The summed E-state index contributed by atoms with van der Waals surface area (Å²) in [6.45, 7) is 0. The Morgan fingerprint density at radius 1 is 1.21 bits per heavy atom. The van der Waals surface area contributed by atoms with Gasteiger partial charge in [0.25, 0.3) is 0 Å². The van der Waals surface area contributed by atoms with Crippen molar-refractivity contribution >= 4 is 54.3 Å². The molecule has 2 atom stereocenters. The Labute approximate surface area is 181 Å². The molecule has 1 amide bonds. The van der Waals surface area contributed by atoms with Crippen molar-refractivity contribution in [3.8, 4) is 0 Å². The van der Waals surface area contributed by atoms with Crippen LogP contribution in [0.2, 0.25) is 0 Å². The third-order valence-corrected chi connectivity index (χ3v) is 8.63. The van der Waals surface area contributed by atoms with E-state index in [2.05, 4.69) is 20.9 Å². The Balaban J connectivity index is 1.60. The fourth-order valence-corrected chi connectivity index (χ4v) is 7.84. The third-order valence-electron chi connectivity index (χ3n) is 4.93. The fourth-order valence-electron chi connectivity index (χ4n) is 3.58. The zero-order valence-corrected chi connectivity index (χ0v) is 18.5. The van der Waals surface area contributed by atoms with Gasteiger partial charge in [-0.05, 0) is 30.2 Å². The van der Waals surface area contributed by atoms with E-state index in [4.69, 9.17) is 0 Å². The Morgan fingerprint density at radius 3 is 2.69 bits per heavy atom. The van der Waals surface area contributed by atoms with Crippen LogP contribution in [-0.2, 0) is 21.1 Å². The number of rotatable bonds is 4. The fraction of sp³-hybridized carbons (Fsp3) is 0.300. The highest BCUT2D eigenvalue weighted by atomic mass is 79.9. The largest absolute Gasteiger partial charge is 0.313 e. The first-order valence-electron chi connectivity index (χ1n) is 9.09. The summed E-state index contributed by atoms with van der Waals surface area (Å²) in [5.74, 6) is -0.859. The van der Waals surface area contributed by atoms with E-state index in [1.165, 1.54) is 17.8 Å². The number of aryl methyl sites for hydroxylation is 1. The number of amides is 1. The number of hydrogen-bond acceptors (Lipinski definition) is 4. The summed E-state index contributed by atoms with van der Waals surface area (Å²) in [7, 11) is -3.20. The van der Waals surface area contributed by atoms with E-state index in [1.807, 2.05) is 30.3 Å². The summed E-state index contributed by atoms with van der Waals surface area (Å²) < 4.78 is 39.4. The first kappa shape index (κ1) is 20.6. The molecule has 0 radical (unpaired) electrons. The number of amidine groups is 1. The molecule has 2 saturated heterocycles. The summed E-state index contributed by atoms with van der Waals surface area (Å²) in [5.41, 5.74) is 1.28. The smallest absolute Gasteiger partial charge is 0.248 e. The molecule has 0 unspecified atom stereocenters. The monoisotopic (exact) mass is 496 g/mol. The van der Waals surface area contributed by atoms with Crippen molar-refractivity contribution in [3.63, 3.8) is 0 Å². The second-order valence-corrected chi connectivity index (χ2v) is 11.3. The molecule has 2 fully saturated rings. The maximum absolute atomic E-state index is 14.7. The Morgan fingerprint density at radius 2 is 1.97 bits per heavy atom. The van der Waals surface area contributed by atoms with Crippen LogP contribution in [0, 0.1) is 5.82 Å². The van der Waals surface area contributed by atoms with E-state index in [0.717, 1.165) is 5.56 Å². The van der Waals surface area contributed by atoms with Gasteiger partial charge in [-0.3, -0.25) is 4.79 Å². The van der Waals surface area contributed by atoms with E-state index in [1.54, 1.807) is 17.0 Å². The molecule has 2 aliphatic rings. The minimum Gasteiger partial charge on any atom is -0.313 e. The van der Waals surface area contributed by atoms with Crippen LogP contribution in [0.15, 0.2) is 58.0 Å². The number of fused-ring (bicyclic) bond motifs is 1. The zero-order chi connectivity index (χ0) is 20.6. The highest BCUT2D eigenvalue weighted by Crippen LogP contribution is 2.42. The minimum absolute atomic E-state index is 0.00814. The molecular formula is C20H18BrFN2O3S2. The van der Waals surface area contributed by atoms with Gasteiger partial charge in [-0.15, -0.1) is 0 Å². The van der Waals surface area contributed by atoms with Crippen LogP contribution in [0.25, 0.3) is 0 Å². The second kappa shape index (κ2) is 8.20. The lowest BCUT2D eigenvalue weighted by atomic mass is 10.1. The molecule has 152 valence electrons. The number of halogens is 2. The van der Waals surface area contributed by atoms with Crippen molar-refractivity contribution in [2.75, 3.05) is 16.4 Å². The lowest BCUT2D eigenvalue weighted by molar-refractivity contribution is -0.117. The highest BCUT2D eigenvalue weighted by molar-refractivity contribution is 9.10. The summed E-state index contributed by atoms with van der Waals surface area (Å²) in [6, 6.07) is 13.8. The number of hydrogen-bond donors (Lipinski definition) is 0. The van der Waals surface area contributed by atoms with Gasteiger partial charge in [0.15, 0.2) is 15.0 Å². The molecule has 2 aliphatic heterocycles. The van der Waals surface area contributed by atoms with E-state index in [-0.39, 0.29) is 34.8 Å². The van der Waals surface area contributed by atoms with Gasteiger partial charge in [0.1, 0.15) is 5.82 Å². The molecule has 5 nitrogen and oxygen atoms in total. The van der Waals surface area contributed by atoms with Crippen LogP contribution in [0.1, 0.15) is 12.0 Å². The van der Waals surface area contributed by atoms with E-state index >= 15 is 0 Å². The second-order valence-electron chi connectivity index (χ2n) is 7.04. The van der Waals surface area contributed by atoms with Crippen molar-refractivity contribution in [2.24, 2.45) is 4.99 Å². The number of benzene rings is 2. The maximum atomic E-state index is 14.7. The maximum Gasteiger partial charge on any atom is 0.248 e. The van der Waals surface area contributed by atoms with Gasteiger partial charge in [0.2, 0.25) is 5.91 Å². The summed E-state index contributed by atoms with van der Waals surface area (Å²) in [5, 5.41) is 0.109. The first-order chi connectivity index (χ1) is 13.8. The van der Waals surface area contributed by atoms with Gasteiger partial charge in [-0.1, -0.05) is 58.0 Å². The first-order valence-corrected chi connectivity index (χ1v) is 12.6. The molecule has 0 saturated carbocycles. The Bertz CT molecular complexity index is 1080. The van der Waals surface area contributed by atoms with Crippen molar-refractivity contribution in [1.29, 1.82) is 0 Å². The molecule has 0 bridgehead atoms. The lowest BCUT2D eigenvalue weighted by Crippen LogP contribution is -2.38.